The highest BCUT2D eigenvalue weighted by Gasteiger charge is 2.25. The number of hydrogen-bond donors (Lipinski definition) is 2. The first-order valence-electron chi connectivity index (χ1n) is 9.16. The molecule has 7 heteroatoms. The Morgan fingerprint density at radius 3 is 2.10 bits per heavy atom. The van der Waals surface area contributed by atoms with Crippen molar-refractivity contribution >= 4 is 39.4 Å². The third-order valence-electron chi connectivity index (χ3n) is 4.17. The van der Waals surface area contributed by atoms with E-state index in [1.54, 1.807) is 78.9 Å². The summed E-state index contributed by atoms with van der Waals surface area (Å²) in [6.07, 6.45) is 0. The van der Waals surface area contributed by atoms with E-state index in [1.807, 2.05) is 6.07 Å². The summed E-state index contributed by atoms with van der Waals surface area (Å²) in [6, 6.07) is 23.3. The highest BCUT2D eigenvalue weighted by molar-refractivity contribution is 9.10. The number of para-hydroxylation sites is 1. The van der Waals surface area contributed by atoms with Gasteiger partial charge in [-0.15, -0.1) is 0 Å². The Kier molecular flexibility index (Phi) is 7.34. The van der Waals surface area contributed by atoms with Crippen LogP contribution in [-0.4, -0.2) is 24.4 Å². The van der Waals surface area contributed by atoms with Crippen LogP contribution in [0.5, 0.6) is 0 Å². The average Bonchev–Trinajstić information content (AvgIpc) is 2.78. The molecule has 152 valence electrons. The van der Waals surface area contributed by atoms with Crippen molar-refractivity contribution in [1.82, 2.24) is 5.32 Å². The van der Waals surface area contributed by atoms with Crippen LogP contribution in [0.3, 0.4) is 0 Å². The zero-order valence-corrected chi connectivity index (χ0v) is 17.5. The molecule has 0 fully saturated rings. The number of carbonyl (C=O) groups excluding carboxylic acids is 3. The Morgan fingerprint density at radius 1 is 0.833 bits per heavy atom. The van der Waals surface area contributed by atoms with Gasteiger partial charge in [0.2, 0.25) is 0 Å². The third-order valence-corrected chi connectivity index (χ3v) is 4.86. The summed E-state index contributed by atoms with van der Waals surface area (Å²) in [7, 11) is 0. The molecule has 3 aromatic carbocycles. The molecule has 30 heavy (non-hydrogen) atoms. The van der Waals surface area contributed by atoms with Crippen LogP contribution in [0.15, 0.2) is 89.4 Å². The monoisotopic (exact) mass is 466 g/mol. The molecule has 1 unspecified atom stereocenters. The van der Waals surface area contributed by atoms with E-state index in [9.17, 15) is 14.4 Å². The van der Waals surface area contributed by atoms with Gasteiger partial charge in [0, 0.05) is 10.0 Å². The highest BCUT2D eigenvalue weighted by Crippen LogP contribution is 2.21. The summed E-state index contributed by atoms with van der Waals surface area (Å²) < 4.78 is 5.90. The molecule has 3 rings (SSSR count). The third kappa shape index (κ3) is 5.78. The molecule has 3 aromatic rings. The van der Waals surface area contributed by atoms with Crippen molar-refractivity contribution in [3.05, 3.63) is 101 Å². The number of ether oxygens (including phenoxy) is 1. The van der Waals surface area contributed by atoms with Gasteiger partial charge in [-0.25, -0.2) is 4.79 Å². The second-order valence-electron chi connectivity index (χ2n) is 6.32. The maximum absolute atomic E-state index is 12.7. The lowest BCUT2D eigenvalue weighted by Crippen LogP contribution is -2.36. The predicted molar refractivity (Wildman–Crippen MR) is 117 cm³/mol. The van der Waals surface area contributed by atoms with Crippen LogP contribution in [0, 0.1) is 0 Å². The van der Waals surface area contributed by atoms with Crippen LogP contribution >= 0.6 is 15.9 Å². The molecule has 0 saturated carbocycles. The van der Waals surface area contributed by atoms with E-state index >= 15 is 0 Å². The molecule has 0 aromatic heterocycles. The van der Waals surface area contributed by atoms with Gasteiger partial charge in [0.25, 0.3) is 11.8 Å². The first-order valence-corrected chi connectivity index (χ1v) is 9.96. The maximum Gasteiger partial charge on any atom is 0.333 e. The van der Waals surface area contributed by atoms with Crippen LogP contribution in [0.1, 0.15) is 22.0 Å². The molecule has 0 aliphatic heterocycles. The first-order chi connectivity index (χ1) is 14.5. The number of amides is 2. The molecule has 0 saturated heterocycles. The lowest BCUT2D eigenvalue weighted by molar-refractivity contribution is -0.149. The van der Waals surface area contributed by atoms with Crippen molar-refractivity contribution in [3.63, 3.8) is 0 Å². The van der Waals surface area contributed by atoms with E-state index in [0.29, 0.717) is 21.3 Å². The summed E-state index contributed by atoms with van der Waals surface area (Å²) >= 11 is 3.34. The quantitative estimate of drug-likeness (QED) is 0.513. The van der Waals surface area contributed by atoms with Crippen molar-refractivity contribution in [3.8, 4) is 0 Å². The number of hydrogen-bond acceptors (Lipinski definition) is 4. The van der Waals surface area contributed by atoms with E-state index in [-0.39, 0.29) is 0 Å². The lowest BCUT2D eigenvalue weighted by Gasteiger charge is -2.18. The number of carbonyl (C=O) groups is 3. The summed E-state index contributed by atoms with van der Waals surface area (Å²) in [4.78, 5) is 37.4. The normalized spacial score (nSPS) is 11.2. The Labute approximate surface area is 182 Å². The fraction of sp³-hybridized carbons (Fsp3) is 0.0870. The fourth-order valence-electron chi connectivity index (χ4n) is 2.70. The molecule has 2 amide bonds. The molecular weight excluding hydrogens is 448 g/mol. The van der Waals surface area contributed by atoms with Gasteiger partial charge in [0.15, 0.2) is 12.6 Å². The van der Waals surface area contributed by atoms with Gasteiger partial charge < -0.3 is 15.4 Å². The molecule has 6 nitrogen and oxygen atoms in total. The number of halogens is 1. The molecule has 0 heterocycles. The van der Waals surface area contributed by atoms with Crippen molar-refractivity contribution in [2.75, 3.05) is 11.9 Å². The largest absolute Gasteiger partial charge is 0.454 e. The van der Waals surface area contributed by atoms with Crippen LogP contribution in [-0.2, 0) is 14.3 Å². The molecule has 0 spiro atoms. The molecule has 0 radical (unpaired) electrons. The zero-order valence-electron chi connectivity index (χ0n) is 15.9. The Bertz CT molecular complexity index is 1030. The summed E-state index contributed by atoms with van der Waals surface area (Å²) in [5.74, 6) is -1.64. The van der Waals surface area contributed by atoms with Gasteiger partial charge in [-0.05, 0) is 45.8 Å². The second kappa shape index (κ2) is 10.4. The van der Waals surface area contributed by atoms with Crippen LogP contribution in [0.25, 0.3) is 0 Å². The molecule has 1 atom stereocenters. The molecule has 0 aliphatic rings. The zero-order chi connectivity index (χ0) is 21.3. The Hall–Kier alpha value is -3.45. The van der Waals surface area contributed by atoms with E-state index in [2.05, 4.69) is 26.6 Å². The standard InChI is InChI=1S/C23H19BrN2O4/c24-18-13-7-8-14-19(18)25-20(27)15-30-23(29)21(16-9-3-1-4-10-16)26-22(28)17-11-5-2-6-12-17/h1-14,21H,15H2,(H,25,27)(H,26,28). The van der Waals surface area contributed by atoms with E-state index in [4.69, 9.17) is 4.74 Å². The Morgan fingerprint density at radius 2 is 1.43 bits per heavy atom. The number of rotatable bonds is 7. The van der Waals surface area contributed by atoms with Crippen molar-refractivity contribution in [1.29, 1.82) is 0 Å². The topological polar surface area (TPSA) is 84.5 Å². The van der Waals surface area contributed by atoms with Crippen LogP contribution < -0.4 is 10.6 Å². The molecule has 0 bridgehead atoms. The molecular formula is C23H19BrN2O4. The minimum atomic E-state index is -1.05. The predicted octanol–water partition coefficient (Wildman–Crippen LogP) is 4.10. The van der Waals surface area contributed by atoms with Gasteiger partial charge in [-0.1, -0.05) is 60.7 Å². The van der Waals surface area contributed by atoms with Gasteiger partial charge >= 0.3 is 5.97 Å². The van der Waals surface area contributed by atoms with E-state index in [1.165, 1.54) is 0 Å². The van der Waals surface area contributed by atoms with Gasteiger partial charge in [-0.3, -0.25) is 9.59 Å². The van der Waals surface area contributed by atoms with Gasteiger partial charge in [-0.2, -0.15) is 0 Å². The van der Waals surface area contributed by atoms with E-state index < -0.39 is 30.4 Å². The number of benzene rings is 3. The van der Waals surface area contributed by atoms with Crippen molar-refractivity contribution in [2.45, 2.75) is 6.04 Å². The number of anilines is 1. The first kappa shape index (κ1) is 21.3. The fourth-order valence-corrected chi connectivity index (χ4v) is 3.08. The lowest BCUT2D eigenvalue weighted by atomic mass is 10.1. The van der Waals surface area contributed by atoms with E-state index in [0.717, 1.165) is 0 Å². The minimum Gasteiger partial charge on any atom is -0.454 e. The summed E-state index contributed by atoms with van der Waals surface area (Å²) in [5, 5.41) is 5.34. The van der Waals surface area contributed by atoms with Crippen LogP contribution in [0.2, 0.25) is 0 Å². The van der Waals surface area contributed by atoms with Crippen molar-refractivity contribution in [2.24, 2.45) is 0 Å². The second-order valence-corrected chi connectivity index (χ2v) is 7.17. The summed E-state index contributed by atoms with van der Waals surface area (Å²) in [5.41, 5.74) is 1.53. The SMILES string of the molecule is O=C(COC(=O)C(NC(=O)c1ccccc1)c1ccccc1)Nc1ccccc1Br. The number of nitrogens with one attached hydrogen (secondary N) is 2. The highest BCUT2D eigenvalue weighted by atomic mass is 79.9. The van der Waals surface area contributed by atoms with Gasteiger partial charge in [0.1, 0.15) is 0 Å². The van der Waals surface area contributed by atoms with Gasteiger partial charge in [0.05, 0.1) is 5.69 Å². The summed E-state index contributed by atoms with van der Waals surface area (Å²) in [6.45, 7) is -0.481. The van der Waals surface area contributed by atoms with Crippen LogP contribution in [0.4, 0.5) is 5.69 Å². The van der Waals surface area contributed by atoms with Crippen molar-refractivity contribution < 1.29 is 19.1 Å². The maximum atomic E-state index is 12.7. The average molecular weight is 467 g/mol. The number of esters is 1. The molecule has 2 N–H and O–H groups in total. The Balaban J connectivity index is 1.67. The minimum absolute atomic E-state index is 0.415. The smallest absolute Gasteiger partial charge is 0.333 e. The molecule has 0 aliphatic carbocycles.